The first-order chi connectivity index (χ1) is 7.89. The Balaban J connectivity index is 2.21. The number of fused-ring (bicyclic) bond motifs is 2. The van der Waals surface area contributed by atoms with Gasteiger partial charge in [0.15, 0.2) is 8.32 Å². The predicted molar refractivity (Wildman–Crippen MR) is 78.4 cm³/mol. The molecule has 0 radical (unpaired) electrons. The minimum Gasteiger partial charge on any atom is -0.411 e. The summed E-state index contributed by atoms with van der Waals surface area (Å²) in [7, 11) is -1.70. The van der Waals surface area contributed by atoms with Crippen molar-refractivity contribution < 1.29 is 9.16 Å². The third kappa shape index (κ3) is 2.08. The second-order valence-electron chi connectivity index (χ2n) is 8.46. The van der Waals surface area contributed by atoms with Gasteiger partial charge in [-0.05, 0) is 51.7 Å². The number of hydrogen-bond acceptors (Lipinski definition) is 2. The van der Waals surface area contributed by atoms with Crippen LogP contribution in [0.2, 0.25) is 18.1 Å². The molecule has 1 aliphatic heterocycles. The molecular formula is C15H30O2Si. The molecule has 0 aromatic carbocycles. The second kappa shape index (κ2) is 3.83. The van der Waals surface area contributed by atoms with Crippen molar-refractivity contribution in [2.75, 3.05) is 0 Å². The largest absolute Gasteiger partial charge is 0.411 e. The average Bonchev–Trinajstić information content (AvgIpc) is 2.48. The molecule has 0 aromatic rings. The maximum Gasteiger partial charge on any atom is 0.192 e. The Kier molecular flexibility index (Phi) is 3.09. The lowest BCUT2D eigenvalue weighted by Gasteiger charge is -2.41. The van der Waals surface area contributed by atoms with E-state index in [1.165, 1.54) is 6.42 Å². The highest BCUT2D eigenvalue weighted by molar-refractivity contribution is 6.74. The van der Waals surface area contributed by atoms with E-state index < -0.39 is 8.32 Å². The monoisotopic (exact) mass is 270 g/mol. The van der Waals surface area contributed by atoms with Crippen molar-refractivity contribution in [1.82, 2.24) is 0 Å². The Bertz CT molecular complexity index is 343. The van der Waals surface area contributed by atoms with Crippen molar-refractivity contribution in [3.8, 4) is 0 Å². The molecule has 0 amide bonds. The molecule has 0 N–H and O–H groups in total. The summed E-state index contributed by atoms with van der Waals surface area (Å²) >= 11 is 0. The summed E-state index contributed by atoms with van der Waals surface area (Å²) in [6.45, 7) is 18.3. The molecule has 1 saturated carbocycles. The fourth-order valence-corrected chi connectivity index (χ4v) is 4.76. The Morgan fingerprint density at radius 3 is 2.06 bits per heavy atom. The third-order valence-corrected chi connectivity index (χ3v) is 9.99. The van der Waals surface area contributed by atoms with Crippen molar-refractivity contribution in [1.29, 1.82) is 0 Å². The van der Waals surface area contributed by atoms with Gasteiger partial charge in [0.25, 0.3) is 0 Å². The van der Waals surface area contributed by atoms with Crippen molar-refractivity contribution in [3.05, 3.63) is 0 Å². The van der Waals surface area contributed by atoms with Crippen LogP contribution in [0.1, 0.15) is 54.4 Å². The predicted octanol–water partition coefficient (Wildman–Crippen LogP) is 4.35. The normalized spacial score (nSPS) is 39.3. The van der Waals surface area contributed by atoms with Gasteiger partial charge in [-0.1, -0.05) is 20.8 Å². The Labute approximate surface area is 114 Å². The topological polar surface area (TPSA) is 18.5 Å². The van der Waals surface area contributed by atoms with Crippen molar-refractivity contribution in [2.24, 2.45) is 5.92 Å². The van der Waals surface area contributed by atoms with Gasteiger partial charge in [0.1, 0.15) is 0 Å². The SMILES string of the molecule is CC1(C)O[C@@]2(C)CC[C@@H]1[C@H]2O[Si](C)(C)C(C)(C)C. The molecule has 2 rings (SSSR count). The van der Waals surface area contributed by atoms with E-state index in [1.807, 2.05) is 0 Å². The molecule has 2 nitrogen and oxygen atoms in total. The van der Waals surface area contributed by atoms with Gasteiger partial charge in [-0.15, -0.1) is 0 Å². The van der Waals surface area contributed by atoms with Crippen molar-refractivity contribution in [2.45, 2.75) is 89.8 Å². The van der Waals surface area contributed by atoms with E-state index in [1.54, 1.807) is 0 Å². The van der Waals surface area contributed by atoms with Gasteiger partial charge in [-0.2, -0.15) is 0 Å². The first-order valence-corrected chi connectivity index (χ1v) is 10.2. The molecule has 2 bridgehead atoms. The van der Waals surface area contributed by atoms with E-state index >= 15 is 0 Å². The van der Waals surface area contributed by atoms with Gasteiger partial charge >= 0.3 is 0 Å². The molecule has 3 atom stereocenters. The molecule has 1 aliphatic carbocycles. The first-order valence-electron chi connectivity index (χ1n) is 7.27. The van der Waals surface area contributed by atoms with Gasteiger partial charge in [0.05, 0.1) is 17.3 Å². The summed E-state index contributed by atoms with van der Waals surface area (Å²) in [6.07, 6.45) is 2.71. The fraction of sp³-hybridized carbons (Fsp3) is 1.00. The van der Waals surface area contributed by atoms with E-state index in [4.69, 9.17) is 9.16 Å². The summed E-state index contributed by atoms with van der Waals surface area (Å²) in [5.74, 6) is 0.566. The maximum absolute atomic E-state index is 6.70. The lowest BCUT2D eigenvalue weighted by Crippen LogP contribution is -2.48. The highest BCUT2D eigenvalue weighted by Crippen LogP contribution is 2.56. The van der Waals surface area contributed by atoms with Crippen LogP contribution in [0.4, 0.5) is 0 Å². The average molecular weight is 270 g/mol. The molecule has 0 aromatic heterocycles. The minimum atomic E-state index is -1.70. The van der Waals surface area contributed by atoms with Crippen LogP contribution in [0.5, 0.6) is 0 Å². The highest BCUT2D eigenvalue weighted by atomic mass is 28.4. The second-order valence-corrected chi connectivity index (χ2v) is 13.2. The third-order valence-electron chi connectivity index (χ3n) is 5.54. The van der Waals surface area contributed by atoms with E-state index in [2.05, 4.69) is 54.6 Å². The Morgan fingerprint density at radius 1 is 1.17 bits per heavy atom. The number of ether oxygens (including phenoxy) is 1. The molecule has 18 heavy (non-hydrogen) atoms. The maximum atomic E-state index is 6.70. The summed E-state index contributed by atoms with van der Waals surface area (Å²) < 4.78 is 13.0. The van der Waals surface area contributed by atoms with Gasteiger partial charge in [0.2, 0.25) is 0 Å². The molecule has 3 heteroatoms. The van der Waals surface area contributed by atoms with Crippen LogP contribution >= 0.6 is 0 Å². The lowest BCUT2D eigenvalue weighted by atomic mass is 9.89. The fourth-order valence-electron chi connectivity index (χ4n) is 3.36. The van der Waals surface area contributed by atoms with Crippen LogP contribution in [0, 0.1) is 5.92 Å². The smallest absolute Gasteiger partial charge is 0.192 e. The van der Waals surface area contributed by atoms with Gasteiger partial charge in [-0.25, -0.2) is 0 Å². The quantitative estimate of drug-likeness (QED) is 0.694. The van der Waals surface area contributed by atoms with Gasteiger partial charge in [0, 0.05) is 5.92 Å². The van der Waals surface area contributed by atoms with Crippen molar-refractivity contribution >= 4 is 8.32 Å². The van der Waals surface area contributed by atoms with Crippen LogP contribution in [0.25, 0.3) is 0 Å². The first kappa shape index (κ1) is 14.5. The molecule has 2 fully saturated rings. The highest BCUT2D eigenvalue weighted by Gasteiger charge is 2.62. The number of rotatable bonds is 2. The van der Waals surface area contributed by atoms with E-state index in [0.717, 1.165) is 6.42 Å². The van der Waals surface area contributed by atoms with Crippen LogP contribution in [-0.2, 0) is 9.16 Å². The zero-order valence-electron chi connectivity index (χ0n) is 13.4. The zero-order valence-corrected chi connectivity index (χ0v) is 14.4. The van der Waals surface area contributed by atoms with E-state index in [0.29, 0.717) is 12.0 Å². The lowest BCUT2D eigenvalue weighted by molar-refractivity contribution is -0.119. The summed E-state index contributed by atoms with van der Waals surface area (Å²) in [5, 5.41) is 0.273. The van der Waals surface area contributed by atoms with Crippen LogP contribution < -0.4 is 0 Å². The van der Waals surface area contributed by atoms with E-state index in [-0.39, 0.29) is 16.2 Å². The number of hydrogen-bond donors (Lipinski definition) is 0. The van der Waals surface area contributed by atoms with Crippen LogP contribution in [0.15, 0.2) is 0 Å². The molecule has 1 saturated heterocycles. The molecule has 2 aliphatic rings. The Hall–Kier alpha value is 0.137. The zero-order chi connectivity index (χ0) is 14.0. The molecule has 0 spiro atoms. The summed E-state index contributed by atoms with van der Waals surface area (Å²) in [6, 6.07) is 0. The van der Waals surface area contributed by atoms with E-state index in [9.17, 15) is 0 Å². The molecule has 106 valence electrons. The Morgan fingerprint density at radius 2 is 1.72 bits per heavy atom. The summed E-state index contributed by atoms with van der Waals surface area (Å²) in [4.78, 5) is 0. The van der Waals surface area contributed by atoms with Gasteiger partial charge in [-0.3, -0.25) is 0 Å². The van der Waals surface area contributed by atoms with Crippen LogP contribution in [-0.4, -0.2) is 25.6 Å². The molecule has 0 unspecified atom stereocenters. The minimum absolute atomic E-state index is 0.0139. The molecular weight excluding hydrogens is 240 g/mol. The van der Waals surface area contributed by atoms with Crippen molar-refractivity contribution in [3.63, 3.8) is 0 Å². The summed E-state index contributed by atoms with van der Waals surface area (Å²) in [5.41, 5.74) is -0.0658. The standard InChI is InChI=1S/C15H30O2Si/c1-13(2,3)18(7,8)16-12-11-9-10-15(12,6)17-14(11,4)5/h11-12H,9-10H2,1-8H3/t11-,12-,15+/m1/s1. The van der Waals surface area contributed by atoms with Crippen LogP contribution in [0.3, 0.4) is 0 Å². The van der Waals surface area contributed by atoms with Gasteiger partial charge < -0.3 is 9.16 Å². The molecule has 1 heterocycles.